The normalized spacial score (nSPS) is 27.1. The highest BCUT2D eigenvalue weighted by Crippen LogP contribution is 2.47. The van der Waals surface area contributed by atoms with E-state index >= 15 is 4.39 Å². The molecule has 34 heavy (non-hydrogen) atoms. The highest BCUT2D eigenvalue weighted by molar-refractivity contribution is 7.51. The lowest BCUT2D eigenvalue weighted by atomic mass is 9.95. The molecule has 1 aromatic rings. The van der Waals surface area contributed by atoms with E-state index in [-0.39, 0.29) is 0 Å². The maximum Gasteiger partial charge on any atom is 0.440 e. The Morgan fingerprint density at radius 2 is 1.59 bits per heavy atom. The van der Waals surface area contributed by atoms with Crippen LogP contribution in [0.4, 0.5) is 4.39 Å². The summed E-state index contributed by atoms with van der Waals surface area (Å²) >= 11 is 0. The third-order valence-electron chi connectivity index (χ3n) is 4.26. The predicted molar refractivity (Wildman–Crippen MR) is 105 cm³/mol. The number of alkyl halides is 1. The molecule has 0 saturated carbocycles. The van der Waals surface area contributed by atoms with Gasteiger partial charge >= 0.3 is 31.6 Å². The fourth-order valence-corrected chi connectivity index (χ4v) is 4.03. The first kappa shape index (κ1) is 27.4. The van der Waals surface area contributed by atoms with E-state index in [1.54, 1.807) is 0 Å². The Labute approximate surface area is 192 Å². The van der Waals surface area contributed by atoms with Gasteiger partial charge in [0.05, 0.1) is 0 Å². The van der Waals surface area contributed by atoms with E-state index in [4.69, 9.17) is 23.5 Å². The first-order valence-electron chi connectivity index (χ1n) is 9.76. The lowest BCUT2D eigenvalue weighted by molar-refractivity contribution is -0.295. The minimum Gasteiger partial charge on any atom is -0.463 e. The number of hydrogen-bond donors (Lipinski definition) is 1. The minimum absolute atomic E-state index is 0.682. The van der Waals surface area contributed by atoms with Crippen LogP contribution in [0.1, 0.15) is 27.7 Å². The predicted octanol–water partition coefficient (Wildman–Crippen LogP) is 0.269. The van der Waals surface area contributed by atoms with E-state index in [9.17, 15) is 28.6 Å². The number of nitrogens with zero attached hydrogens (tertiary/aromatic N) is 2. The Morgan fingerprint density at radius 1 is 1.03 bits per heavy atom. The van der Waals surface area contributed by atoms with Gasteiger partial charge in [-0.15, -0.1) is 0 Å². The molecule has 1 aliphatic rings. The zero-order valence-electron chi connectivity index (χ0n) is 18.6. The minimum atomic E-state index is -4.76. The summed E-state index contributed by atoms with van der Waals surface area (Å²) in [7, 11) is -4.76. The van der Waals surface area contributed by atoms with Crippen LogP contribution in [0.25, 0.3) is 0 Å². The zero-order chi connectivity index (χ0) is 25.6. The lowest BCUT2D eigenvalue weighted by Crippen LogP contribution is -2.64. The second-order valence-corrected chi connectivity index (χ2v) is 8.70. The number of ether oxygens (including phenoxy) is 5. The van der Waals surface area contributed by atoms with Gasteiger partial charge in [-0.2, -0.15) is 0 Å². The maximum atomic E-state index is 15.1. The van der Waals surface area contributed by atoms with Crippen LogP contribution in [-0.2, 0) is 52.0 Å². The molecule has 0 spiro atoms. The maximum absolute atomic E-state index is 15.1. The summed E-state index contributed by atoms with van der Waals surface area (Å²) in [5.41, 5.74) is 0. The molecule has 1 N–H and O–H groups in total. The van der Waals surface area contributed by atoms with Crippen molar-refractivity contribution in [3.05, 3.63) is 18.7 Å². The number of carbonyl (C=O) groups is 4. The van der Waals surface area contributed by atoms with Crippen molar-refractivity contribution >= 4 is 31.6 Å². The van der Waals surface area contributed by atoms with Crippen molar-refractivity contribution < 1.29 is 61.2 Å². The fraction of sp³-hybridized carbons (Fsp3) is 0.611. The van der Waals surface area contributed by atoms with Crippen molar-refractivity contribution in [2.75, 3.05) is 6.61 Å². The summed E-state index contributed by atoms with van der Waals surface area (Å²) in [6.07, 6.45) is -8.04. The van der Waals surface area contributed by atoms with Crippen LogP contribution in [0.2, 0.25) is 0 Å². The largest absolute Gasteiger partial charge is 0.463 e. The van der Waals surface area contributed by atoms with Gasteiger partial charge in [0.1, 0.15) is 19.0 Å². The highest BCUT2D eigenvalue weighted by Gasteiger charge is 2.56. The monoisotopic (exact) mass is 510 g/mol. The van der Waals surface area contributed by atoms with Crippen molar-refractivity contribution in [1.29, 1.82) is 0 Å². The van der Waals surface area contributed by atoms with Crippen LogP contribution in [-0.4, -0.2) is 81.6 Å². The van der Waals surface area contributed by atoms with E-state index in [1.165, 1.54) is 6.20 Å². The molecule has 0 aliphatic carbocycles. The number of carbonyl (C=O) groups excluding carboxylic acids is 4. The molecule has 0 bridgehead atoms. The molecule has 0 amide bonds. The number of imidazole rings is 1. The Bertz CT molecular complexity index is 941. The zero-order valence-corrected chi connectivity index (χ0v) is 19.5. The van der Waals surface area contributed by atoms with Crippen LogP contribution in [0.3, 0.4) is 0 Å². The lowest BCUT2D eigenvalue weighted by Gasteiger charge is -2.45. The van der Waals surface area contributed by atoms with Crippen LogP contribution < -0.4 is 0 Å². The van der Waals surface area contributed by atoms with Crippen molar-refractivity contribution in [3.8, 4) is 0 Å². The Morgan fingerprint density at radius 3 is 2.09 bits per heavy atom. The third-order valence-corrected chi connectivity index (χ3v) is 5.57. The fourth-order valence-electron chi connectivity index (χ4n) is 3.06. The van der Waals surface area contributed by atoms with Gasteiger partial charge in [-0.25, -0.2) is 18.3 Å². The van der Waals surface area contributed by atoms with Gasteiger partial charge in [0.15, 0.2) is 24.5 Å². The number of hydrogen-bond acceptors (Lipinski definition) is 12. The van der Waals surface area contributed by atoms with Crippen LogP contribution in [0.15, 0.2) is 18.7 Å². The number of halogens is 1. The molecular formula is C18H24FN2O12P. The van der Waals surface area contributed by atoms with Crippen molar-refractivity contribution in [2.45, 2.75) is 64.6 Å². The van der Waals surface area contributed by atoms with E-state index in [0.29, 0.717) is 4.34 Å². The molecule has 0 aromatic carbocycles. The summed E-state index contributed by atoms with van der Waals surface area (Å²) in [6, 6.07) is 0. The SMILES string of the molecule is CC(=O)OC[C@H](F)C1O[C@@H](OP(=O)(O)n2ccnc2)[C@H](OC(C)=O)C(OC(C)=O)[C@@H]1OC(C)=O. The summed E-state index contributed by atoms with van der Waals surface area (Å²) in [5, 5.41) is 0. The van der Waals surface area contributed by atoms with E-state index in [1.807, 2.05) is 0 Å². The van der Waals surface area contributed by atoms with Gasteiger partial charge in [-0.1, -0.05) is 0 Å². The van der Waals surface area contributed by atoms with Crippen molar-refractivity contribution in [3.63, 3.8) is 0 Å². The smallest absolute Gasteiger partial charge is 0.440 e. The summed E-state index contributed by atoms with van der Waals surface area (Å²) < 4.78 is 59.0. The third kappa shape index (κ3) is 7.32. The average molecular weight is 510 g/mol. The molecule has 1 saturated heterocycles. The molecule has 16 heteroatoms. The van der Waals surface area contributed by atoms with Crippen molar-refractivity contribution in [2.24, 2.45) is 0 Å². The first-order valence-corrected chi connectivity index (χ1v) is 11.3. The molecule has 2 rings (SSSR count). The molecule has 2 heterocycles. The number of rotatable bonds is 9. The molecule has 3 unspecified atom stereocenters. The molecular weight excluding hydrogens is 486 g/mol. The number of esters is 4. The van der Waals surface area contributed by atoms with Crippen LogP contribution in [0, 0.1) is 0 Å². The summed E-state index contributed by atoms with van der Waals surface area (Å²) in [5.74, 6) is -3.67. The average Bonchev–Trinajstić information content (AvgIpc) is 3.25. The topological polar surface area (TPSA) is 179 Å². The second-order valence-electron chi connectivity index (χ2n) is 7.05. The standard InChI is InChI=1S/C18H24FN2O12P/c1-9(22)28-7-13(19)14-15(29-10(2)23)16(30-11(3)24)17(31-12(4)25)18(32-14)33-34(26,27)21-6-5-20-8-21/h5-6,8,13-18H,7H2,1-4H3,(H,26,27)/t13-,14?,15+,16?,17+,18-/m0/s1. The molecule has 1 fully saturated rings. The highest BCUT2D eigenvalue weighted by atomic mass is 31.2. The first-order chi connectivity index (χ1) is 15.8. The van der Waals surface area contributed by atoms with E-state index in [0.717, 1.165) is 40.2 Å². The van der Waals surface area contributed by atoms with Crippen LogP contribution >= 0.6 is 7.75 Å². The summed E-state index contributed by atoms with van der Waals surface area (Å²) in [6.45, 7) is 3.08. The quantitative estimate of drug-likeness (QED) is 0.272. The van der Waals surface area contributed by atoms with E-state index in [2.05, 4.69) is 9.72 Å². The van der Waals surface area contributed by atoms with E-state index < -0.39 is 75.1 Å². The Balaban J connectivity index is 2.51. The van der Waals surface area contributed by atoms with Gasteiger partial charge in [0.25, 0.3) is 0 Å². The van der Waals surface area contributed by atoms with Crippen molar-refractivity contribution in [1.82, 2.24) is 9.32 Å². The summed E-state index contributed by atoms with van der Waals surface area (Å²) in [4.78, 5) is 60.3. The molecule has 14 nitrogen and oxygen atoms in total. The van der Waals surface area contributed by atoms with Gasteiger partial charge in [0, 0.05) is 40.1 Å². The second kappa shape index (κ2) is 11.5. The van der Waals surface area contributed by atoms with Gasteiger partial charge in [0.2, 0.25) is 6.29 Å². The Kier molecular flexibility index (Phi) is 9.27. The molecule has 0 radical (unpaired) electrons. The van der Waals surface area contributed by atoms with Gasteiger partial charge in [-0.3, -0.25) is 23.7 Å². The van der Waals surface area contributed by atoms with Gasteiger partial charge in [-0.05, 0) is 0 Å². The van der Waals surface area contributed by atoms with Gasteiger partial charge < -0.3 is 28.6 Å². The molecule has 1 aliphatic heterocycles. The molecule has 190 valence electrons. The van der Waals surface area contributed by atoms with Crippen LogP contribution in [0.5, 0.6) is 0 Å². The number of aromatic nitrogens is 2. The molecule has 1 aromatic heterocycles. The molecule has 7 atom stereocenters. The Hall–Kier alpha value is -2.87.